The number of aromatic nitrogens is 2. The third-order valence-corrected chi connectivity index (χ3v) is 7.72. The molecule has 4 nitrogen and oxygen atoms in total. The van der Waals surface area contributed by atoms with Gasteiger partial charge in [0, 0.05) is 6.54 Å². The van der Waals surface area contributed by atoms with Crippen molar-refractivity contribution in [2.24, 2.45) is 0 Å². The lowest BCUT2D eigenvalue weighted by atomic mass is 10.3. The summed E-state index contributed by atoms with van der Waals surface area (Å²) in [6.07, 6.45) is 0. The number of hydrogen-bond donors (Lipinski definition) is 0. The molecule has 0 unspecified atom stereocenters. The molecule has 0 saturated carbocycles. The van der Waals surface area contributed by atoms with Crippen molar-refractivity contribution in [2.45, 2.75) is 20.1 Å². The van der Waals surface area contributed by atoms with Crippen LogP contribution in [-0.2, 0) is 16.4 Å². The Morgan fingerprint density at radius 1 is 1.28 bits per heavy atom. The van der Waals surface area contributed by atoms with Gasteiger partial charge in [0.2, 0.25) is 16.5 Å². The highest BCUT2D eigenvalue weighted by molar-refractivity contribution is 9.42. The molecular weight excluding hydrogens is 452 g/mol. The summed E-state index contributed by atoms with van der Waals surface area (Å²) >= 11 is 9.15. The van der Waals surface area contributed by atoms with E-state index in [-0.39, 0.29) is 5.16 Å². The van der Waals surface area contributed by atoms with E-state index in [9.17, 15) is 8.42 Å². The van der Waals surface area contributed by atoms with Crippen LogP contribution < -0.4 is 0 Å². The van der Waals surface area contributed by atoms with Crippen molar-refractivity contribution < 1.29 is 8.42 Å². The van der Waals surface area contributed by atoms with Crippen LogP contribution in [0.3, 0.4) is 0 Å². The average molecular weight is 461 g/mol. The smallest absolute Gasteiger partial charge is 0.247 e. The molecule has 8 heteroatoms. The van der Waals surface area contributed by atoms with E-state index < -0.39 is 11.3 Å². The van der Waals surface area contributed by atoms with E-state index in [4.69, 9.17) is 0 Å². The van der Waals surface area contributed by atoms with E-state index in [1.807, 2.05) is 25.1 Å². The van der Waals surface area contributed by atoms with Crippen LogP contribution in [0.1, 0.15) is 6.92 Å². The first-order valence-corrected chi connectivity index (χ1v) is 8.92. The van der Waals surface area contributed by atoms with Crippen LogP contribution in [0, 0.1) is 0 Å². The fraction of sp³-hybridized carbons (Fsp3) is 0.300. The van der Waals surface area contributed by atoms with Gasteiger partial charge in [-0.2, -0.15) is 0 Å². The van der Waals surface area contributed by atoms with Gasteiger partial charge in [0.05, 0.1) is 11.0 Å². The summed E-state index contributed by atoms with van der Waals surface area (Å²) in [6, 6.07) is 7.33. The van der Waals surface area contributed by atoms with Crippen molar-refractivity contribution in [1.29, 1.82) is 0 Å². The Morgan fingerprint density at radius 3 is 2.44 bits per heavy atom. The second kappa shape index (κ2) is 4.88. The quantitative estimate of drug-likeness (QED) is 0.643. The van der Waals surface area contributed by atoms with Gasteiger partial charge >= 0.3 is 0 Å². The summed E-state index contributed by atoms with van der Waals surface area (Å²) in [7, 11) is -3.68. The zero-order valence-electron chi connectivity index (χ0n) is 9.27. The number of alkyl halides is 3. The molecule has 0 spiro atoms. The minimum Gasteiger partial charge on any atom is -0.315 e. The molecule has 2 aromatic rings. The summed E-state index contributed by atoms with van der Waals surface area (Å²) in [5.74, 6) is 0. The Kier molecular flexibility index (Phi) is 3.93. The van der Waals surface area contributed by atoms with Gasteiger partial charge in [-0.25, -0.2) is 13.4 Å². The minimum atomic E-state index is -3.68. The third kappa shape index (κ3) is 2.28. The summed E-state index contributed by atoms with van der Waals surface area (Å²) in [4.78, 5) is 4.21. The predicted octanol–water partition coefficient (Wildman–Crippen LogP) is 3.63. The monoisotopic (exact) mass is 458 g/mol. The zero-order valence-corrected chi connectivity index (χ0v) is 14.8. The van der Waals surface area contributed by atoms with Crippen LogP contribution in [0.15, 0.2) is 29.4 Å². The molecule has 0 aliphatic rings. The molecule has 1 heterocycles. The van der Waals surface area contributed by atoms with Crippen LogP contribution in [0.5, 0.6) is 0 Å². The van der Waals surface area contributed by atoms with Gasteiger partial charge < -0.3 is 4.57 Å². The van der Waals surface area contributed by atoms with Gasteiger partial charge in [-0.1, -0.05) is 12.1 Å². The fourth-order valence-electron chi connectivity index (χ4n) is 1.67. The Balaban J connectivity index is 2.81. The predicted molar refractivity (Wildman–Crippen MR) is 82.1 cm³/mol. The second-order valence-electron chi connectivity index (χ2n) is 3.58. The highest BCUT2D eigenvalue weighted by Crippen LogP contribution is 2.43. The molecule has 0 atom stereocenters. The van der Waals surface area contributed by atoms with Crippen LogP contribution in [-0.4, -0.2) is 19.4 Å². The van der Waals surface area contributed by atoms with Gasteiger partial charge in [-0.05, 0) is 66.8 Å². The molecule has 2 rings (SSSR count). The molecule has 0 amide bonds. The van der Waals surface area contributed by atoms with Gasteiger partial charge in [-0.15, -0.1) is 0 Å². The van der Waals surface area contributed by atoms with Crippen molar-refractivity contribution in [3.63, 3.8) is 0 Å². The number of hydrogen-bond acceptors (Lipinski definition) is 3. The Bertz CT molecular complexity index is 689. The van der Waals surface area contributed by atoms with Crippen LogP contribution in [0.4, 0.5) is 0 Å². The number of aryl methyl sites for hydroxylation is 1. The second-order valence-corrected chi connectivity index (χ2v) is 13.9. The largest absolute Gasteiger partial charge is 0.315 e. The fourth-order valence-corrected chi connectivity index (χ4v) is 3.91. The van der Waals surface area contributed by atoms with Gasteiger partial charge in [0.25, 0.3) is 0 Å². The molecule has 1 aromatic heterocycles. The molecule has 98 valence electrons. The van der Waals surface area contributed by atoms with Crippen molar-refractivity contribution in [3.05, 3.63) is 24.3 Å². The molecule has 0 radical (unpaired) electrons. The summed E-state index contributed by atoms with van der Waals surface area (Å²) in [6.45, 7) is 2.41. The minimum absolute atomic E-state index is 0.0248. The van der Waals surface area contributed by atoms with E-state index in [0.29, 0.717) is 12.1 Å². The number of fused-ring (bicyclic) bond motifs is 1. The topological polar surface area (TPSA) is 52.0 Å². The van der Waals surface area contributed by atoms with E-state index in [2.05, 4.69) is 52.8 Å². The van der Waals surface area contributed by atoms with Gasteiger partial charge in [0.1, 0.15) is 0 Å². The molecule has 1 aromatic carbocycles. The van der Waals surface area contributed by atoms with E-state index in [1.54, 1.807) is 10.6 Å². The maximum Gasteiger partial charge on any atom is 0.247 e. The standard InChI is InChI=1S/C10H9Br3N2O2S/c1-2-15-8-6-4-3-5-7(8)14-9(15)18(16,17)10(11,12)13/h3-6H,2H2,1H3. The van der Waals surface area contributed by atoms with Gasteiger partial charge in [0.15, 0.2) is 0 Å². The number of imidazole rings is 1. The maximum absolute atomic E-state index is 12.4. The lowest BCUT2D eigenvalue weighted by molar-refractivity contribution is 0.575. The molecule has 0 N–H and O–H groups in total. The van der Waals surface area contributed by atoms with Crippen molar-refractivity contribution in [1.82, 2.24) is 9.55 Å². The van der Waals surface area contributed by atoms with Crippen LogP contribution in [0.2, 0.25) is 0 Å². The molecule has 0 aliphatic carbocycles. The molecule has 18 heavy (non-hydrogen) atoms. The Hall–Kier alpha value is 0.0800. The summed E-state index contributed by atoms with van der Waals surface area (Å²) in [5.41, 5.74) is 1.46. The zero-order chi connectivity index (χ0) is 13.6. The lowest BCUT2D eigenvalue weighted by Gasteiger charge is -2.13. The number of sulfone groups is 1. The normalized spacial score (nSPS) is 13.1. The van der Waals surface area contributed by atoms with Gasteiger partial charge in [-0.3, -0.25) is 0 Å². The third-order valence-electron chi connectivity index (χ3n) is 2.48. The first-order valence-electron chi connectivity index (χ1n) is 5.05. The van der Waals surface area contributed by atoms with Crippen LogP contribution >= 0.6 is 47.8 Å². The van der Waals surface area contributed by atoms with Crippen molar-refractivity contribution in [2.75, 3.05) is 0 Å². The van der Waals surface area contributed by atoms with Crippen LogP contribution in [0.25, 0.3) is 11.0 Å². The van der Waals surface area contributed by atoms with E-state index >= 15 is 0 Å². The Labute approximate surface area is 130 Å². The van der Waals surface area contributed by atoms with Crippen molar-refractivity contribution in [3.8, 4) is 0 Å². The number of benzene rings is 1. The maximum atomic E-state index is 12.4. The number of para-hydroxylation sites is 2. The molecule has 0 saturated heterocycles. The first-order chi connectivity index (χ1) is 8.29. The summed E-state index contributed by atoms with van der Waals surface area (Å²) < 4.78 is 25.0. The number of nitrogens with zero attached hydrogens (tertiary/aromatic N) is 2. The SMILES string of the molecule is CCn1c(S(=O)(=O)C(Br)(Br)Br)nc2ccccc21. The average Bonchev–Trinajstić information content (AvgIpc) is 2.66. The van der Waals surface area contributed by atoms with Crippen molar-refractivity contribution >= 4 is 68.7 Å². The molecule has 0 aliphatic heterocycles. The summed E-state index contributed by atoms with van der Waals surface area (Å²) in [5, 5.41) is 0.0248. The molecule has 0 bridgehead atoms. The van der Waals surface area contributed by atoms with E-state index in [1.165, 1.54) is 0 Å². The Morgan fingerprint density at radius 2 is 1.89 bits per heavy atom. The van der Waals surface area contributed by atoms with E-state index in [0.717, 1.165) is 5.52 Å². The lowest BCUT2D eigenvalue weighted by Crippen LogP contribution is -2.22. The highest BCUT2D eigenvalue weighted by Gasteiger charge is 2.41. The highest BCUT2D eigenvalue weighted by atomic mass is 80.0. The first kappa shape index (κ1) is 14.5. The number of halogens is 3. The number of rotatable bonds is 2. The molecular formula is C10H9Br3N2O2S. The molecule has 0 fully saturated rings.